The number of carbonyl (C=O) groups is 2. The van der Waals surface area contributed by atoms with Gasteiger partial charge in [0.15, 0.2) is 0 Å². The van der Waals surface area contributed by atoms with Crippen molar-refractivity contribution in [1.29, 1.82) is 0 Å². The third-order valence-corrected chi connectivity index (χ3v) is 4.83. The van der Waals surface area contributed by atoms with E-state index >= 15 is 0 Å². The zero-order valence-corrected chi connectivity index (χ0v) is 17.5. The molecule has 0 fully saturated rings. The van der Waals surface area contributed by atoms with Gasteiger partial charge in [-0.15, -0.1) is 18.2 Å². The lowest BCUT2D eigenvalue weighted by molar-refractivity contribution is 0.0525. The van der Waals surface area contributed by atoms with Gasteiger partial charge in [-0.05, 0) is 30.3 Å². The average Bonchev–Trinajstić information content (AvgIpc) is 2.74. The van der Waals surface area contributed by atoms with E-state index in [2.05, 4.69) is 5.92 Å². The first-order chi connectivity index (χ1) is 14.8. The monoisotopic (exact) mass is 452 g/mol. The number of amides is 3. The van der Waals surface area contributed by atoms with Gasteiger partial charge in [0.25, 0.3) is 5.91 Å². The Labute approximate surface area is 181 Å². The number of hydrogen-bond acceptors (Lipinski definition) is 5. The van der Waals surface area contributed by atoms with E-state index in [4.69, 9.17) is 15.9 Å². The Hall–Kier alpha value is -3.00. The average molecular weight is 452 g/mol. The lowest BCUT2D eigenvalue weighted by Crippen LogP contribution is -2.48. The molecule has 0 saturated heterocycles. The molecule has 0 heterocycles. The summed E-state index contributed by atoms with van der Waals surface area (Å²) < 4.78 is 52.8. The second-order valence-electron chi connectivity index (χ2n) is 5.98. The number of nitrogens with zero attached hydrogens (tertiary/aromatic N) is 2. The molecule has 10 heteroatoms. The fraction of sp³-hybridized carbons (Fsp3) is 0.238. The van der Waals surface area contributed by atoms with Crippen molar-refractivity contribution in [3.63, 3.8) is 0 Å². The maximum absolute atomic E-state index is 14.7. The largest absolute Gasteiger partial charge is 0.364 e. The molecule has 0 saturated carbocycles. The summed E-state index contributed by atoms with van der Waals surface area (Å²) in [4.78, 5) is 27.7. The third kappa shape index (κ3) is 5.79. The highest BCUT2D eigenvalue weighted by Crippen LogP contribution is 2.27. The van der Waals surface area contributed by atoms with E-state index in [1.807, 2.05) is 0 Å². The Morgan fingerprint density at radius 2 is 1.68 bits per heavy atom. The zero-order valence-electron chi connectivity index (χ0n) is 16.7. The topological polar surface area (TPSA) is 59.1 Å². The number of methoxy groups -OCH3 is 2. The van der Waals surface area contributed by atoms with Crippen LogP contribution in [0.1, 0.15) is 10.4 Å². The molecule has 0 aliphatic heterocycles. The van der Waals surface area contributed by atoms with E-state index in [-0.39, 0.29) is 5.69 Å². The number of carbonyl (C=O) groups excluding carboxylic acids is 2. The van der Waals surface area contributed by atoms with Crippen molar-refractivity contribution >= 4 is 29.4 Å². The van der Waals surface area contributed by atoms with Gasteiger partial charge in [-0.2, -0.15) is 0 Å². The Morgan fingerprint density at radius 3 is 2.23 bits per heavy atom. The Balaban J connectivity index is 2.43. The smallest absolute Gasteiger partial charge is 0.335 e. The van der Waals surface area contributed by atoms with Gasteiger partial charge in [0.2, 0.25) is 0 Å². The highest BCUT2D eigenvalue weighted by Gasteiger charge is 2.32. The molecule has 164 valence electrons. The van der Waals surface area contributed by atoms with Crippen LogP contribution >= 0.6 is 11.8 Å². The van der Waals surface area contributed by atoms with Crippen molar-refractivity contribution in [2.45, 2.75) is 4.90 Å². The summed E-state index contributed by atoms with van der Waals surface area (Å²) in [6.45, 7) is -1.08. The fourth-order valence-corrected chi connectivity index (χ4v) is 3.19. The predicted octanol–water partition coefficient (Wildman–Crippen LogP) is 4.11. The van der Waals surface area contributed by atoms with E-state index in [1.54, 1.807) is 0 Å². The van der Waals surface area contributed by atoms with Crippen molar-refractivity contribution in [3.05, 3.63) is 59.4 Å². The highest BCUT2D eigenvalue weighted by molar-refractivity contribution is 7.99. The molecule has 2 aromatic rings. The third-order valence-electron chi connectivity index (χ3n) is 3.93. The minimum atomic E-state index is -1.29. The van der Waals surface area contributed by atoms with Crippen LogP contribution in [0.3, 0.4) is 0 Å². The highest BCUT2D eigenvalue weighted by atomic mass is 32.2. The summed E-state index contributed by atoms with van der Waals surface area (Å²) in [5, 5.41) is 0. The van der Waals surface area contributed by atoms with Crippen LogP contribution in [-0.4, -0.2) is 50.3 Å². The maximum atomic E-state index is 14.7. The minimum absolute atomic E-state index is 0.209. The van der Waals surface area contributed by atoms with E-state index in [9.17, 15) is 22.8 Å². The SMILES string of the molecule is C#CCSc1ccc(N(COC)C(=O)N(COC)C(=O)c2c(F)cccc2F)c(F)c1. The molecular formula is C21H19F3N2O4S. The number of thioether (sulfide) groups is 1. The van der Waals surface area contributed by atoms with Gasteiger partial charge in [0, 0.05) is 19.1 Å². The van der Waals surface area contributed by atoms with Crippen LogP contribution in [0.25, 0.3) is 0 Å². The number of hydrogen-bond donors (Lipinski definition) is 0. The molecule has 0 N–H and O–H groups in total. The van der Waals surface area contributed by atoms with Gasteiger partial charge in [0.1, 0.15) is 36.5 Å². The first-order valence-corrected chi connectivity index (χ1v) is 9.75. The Bertz CT molecular complexity index is 977. The molecule has 0 bridgehead atoms. The number of rotatable bonds is 8. The molecule has 31 heavy (non-hydrogen) atoms. The summed E-state index contributed by atoms with van der Waals surface area (Å²) in [5.41, 5.74) is -1.15. The Morgan fingerprint density at radius 1 is 1.03 bits per heavy atom. The molecular weight excluding hydrogens is 433 g/mol. The molecule has 0 aromatic heterocycles. The summed E-state index contributed by atoms with van der Waals surface area (Å²) >= 11 is 1.22. The second-order valence-corrected chi connectivity index (χ2v) is 7.03. The van der Waals surface area contributed by atoms with Crippen LogP contribution < -0.4 is 4.90 Å². The molecule has 0 unspecified atom stereocenters. The van der Waals surface area contributed by atoms with Crippen molar-refractivity contribution in [2.75, 3.05) is 38.3 Å². The summed E-state index contributed by atoms with van der Waals surface area (Å²) in [6.07, 6.45) is 5.19. The summed E-state index contributed by atoms with van der Waals surface area (Å²) in [7, 11) is 2.44. The van der Waals surface area contributed by atoms with E-state index < -0.39 is 48.4 Å². The lowest BCUT2D eigenvalue weighted by Gasteiger charge is -2.29. The zero-order chi connectivity index (χ0) is 23.0. The molecule has 0 spiro atoms. The standard InChI is InChI=1S/C21H19F3N2O4S/c1-4-10-31-14-8-9-18(17(24)11-14)25(12-29-2)21(28)26(13-30-3)20(27)19-15(22)6-5-7-16(19)23/h1,5-9,11H,10,12-13H2,2-3H3. The number of ether oxygens (including phenoxy) is 2. The number of halogens is 3. The quantitative estimate of drug-likeness (QED) is 0.343. The van der Waals surface area contributed by atoms with Crippen LogP contribution in [0.2, 0.25) is 0 Å². The van der Waals surface area contributed by atoms with Gasteiger partial charge in [0.05, 0.1) is 11.4 Å². The van der Waals surface area contributed by atoms with Gasteiger partial charge in [-0.3, -0.25) is 9.69 Å². The molecule has 0 radical (unpaired) electrons. The number of terminal acetylenes is 1. The number of anilines is 1. The molecule has 3 amide bonds. The first kappa shape index (κ1) is 24.3. The predicted molar refractivity (Wildman–Crippen MR) is 110 cm³/mol. The molecule has 0 atom stereocenters. The number of urea groups is 1. The van der Waals surface area contributed by atoms with Gasteiger partial charge >= 0.3 is 6.03 Å². The van der Waals surface area contributed by atoms with Crippen LogP contribution in [-0.2, 0) is 9.47 Å². The van der Waals surface area contributed by atoms with Crippen molar-refractivity contribution in [3.8, 4) is 12.3 Å². The summed E-state index contributed by atoms with van der Waals surface area (Å²) in [6, 6.07) is 5.76. The van der Waals surface area contributed by atoms with Crippen LogP contribution in [0, 0.1) is 29.8 Å². The van der Waals surface area contributed by atoms with Crippen molar-refractivity contribution in [2.24, 2.45) is 0 Å². The van der Waals surface area contributed by atoms with Crippen molar-refractivity contribution in [1.82, 2.24) is 4.90 Å². The first-order valence-electron chi connectivity index (χ1n) is 8.76. The van der Waals surface area contributed by atoms with Crippen LogP contribution in [0.4, 0.5) is 23.7 Å². The lowest BCUT2D eigenvalue weighted by atomic mass is 10.1. The van der Waals surface area contributed by atoms with Crippen molar-refractivity contribution < 1.29 is 32.2 Å². The van der Waals surface area contributed by atoms with Gasteiger partial charge in [-0.1, -0.05) is 12.0 Å². The maximum Gasteiger partial charge on any atom is 0.335 e. The molecule has 0 aliphatic carbocycles. The second kappa shape index (κ2) is 11.4. The number of imide groups is 1. The minimum Gasteiger partial charge on any atom is -0.364 e. The van der Waals surface area contributed by atoms with Crippen LogP contribution in [0.5, 0.6) is 0 Å². The van der Waals surface area contributed by atoms with Gasteiger partial charge < -0.3 is 9.47 Å². The molecule has 0 aliphatic rings. The van der Waals surface area contributed by atoms with E-state index in [1.165, 1.54) is 44.2 Å². The molecule has 6 nitrogen and oxygen atoms in total. The fourth-order valence-electron chi connectivity index (χ4n) is 2.59. The van der Waals surface area contributed by atoms with Crippen LogP contribution in [0.15, 0.2) is 41.3 Å². The molecule has 2 aromatic carbocycles. The molecule has 2 rings (SSSR count). The normalized spacial score (nSPS) is 10.5. The van der Waals surface area contributed by atoms with E-state index in [0.29, 0.717) is 15.5 Å². The Kier molecular flexibility index (Phi) is 8.93. The van der Waals surface area contributed by atoms with E-state index in [0.717, 1.165) is 23.1 Å². The number of benzene rings is 2. The summed E-state index contributed by atoms with van der Waals surface area (Å²) in [5.74, 6) is -1.64. The van der Waals surface area contributed by atoms with Gasteiger partial charge in [-0.25, -0.2) is 22.9 Å².